The molecule has 1 aromatic carbocycles. The predicted molar refractivity (Wildman–Crippen MR) is 80.5 cm³/mol. The summed E-state index contributed by atoms with van der Waals surface area (Å²) in [5.41, 5.74) is 0.759. The number of aliphatic imine (C=N–C) groups is 1. The number of hydrogen-bond acceptors (Lipinski definition) is 4. The van der Waals surface area contributed by atoms with E-state index in [-0.39, 0.29) is 18.2 Å². The highest BCUT2D eigenvalue weighted by molar-refractivity contribution is 7.90. The van der Waals surface area contributed by atoms with Crippen LogP contribution in [-0.2, 0) is 16.4 Å². The molecule has 0 atom stereocenters. The molecule has 0 saturated heterocycles. The number of anilines is 1. The van der Waals surface area contributed by atoms with Gasteiger partial charge in [-0.2, -0.15) is 0 Å². The van der Waals surface area contributed by atoms with E-state index in [0.29, 0.717) is 12.5 Å². The molecule has 0 radical (unpaired) electrons. The lowest BCUT2D eigenvalue weighted by atomic mass is 10.2. The molecule has 120 valence electrons. The standard InChI is InChI=1S/C14H12F2N4O2S/c15-10-6-11(16)13-12(7-10)19-14(20-23(13,21)22)18-5-3-9-2-1-4-17-8-9/h1-2,4,6-8H,3,5H2,(H2,18,19,20). The highest BCUT2D eigenvalue weighted by Gasteiger charge is 2.30. The zero-order valence-electron chi connectivity index (χ0n) is 11.8. The third-order valence-corrected chi connectivity index (χ3v) is 4.57. The maximum Gasteiger partial charge on any atom is 0.269 e. The summed E-state index contributed by atoms with van der Waals surface area (Å²) >= 11 is 0. The molecule has 0 spiro atoms. The van der Waals surface area contributed by atoms with E-state index in [0.717, 1.165) is 11.6 Å². The first-order valence-corrected chi connectivity index (χ1v) is 8.16. The molecule has 23 heavy (non-hydrogen) atoms. The molecule has 6 nitrogen and oxygen atoms in total. The monoisotopic (exact) mass is 338 g/mol. The molecule has 1 aliphatic heterocycles. The number of benzene rings is 1. The lowest BCUT2D eigenvalue weighted by molar-refractivity contribution is 0.548. The van der Waals surface area contributed by atoms with Crippen LogP contribution in [0.5, 0.6) is 0 Å². The number of nitrogens with one attached hydrogen (secondary N) is 2. The van der Waals surface area contributed by atoms with E-state index in [9.17, 15) is 17.2 Å². The van der Waals surface area contributed by atoms with Gasteiger partial charge in [0, 0.05) is 25.0 Å². The van der Waals surface area contributed by atoms with Gasteiger partial charge in [0.1, 0.15) is 16.5 Å². The lowest BCUT2D eigenvalue weighted by Gasteiger charge is -2.21. The number of nitrogens with zero attached hydrogens (tertiary/aromatic N) is 2. The van der Waals surface area contributed by atoms with Crippen molar-refractivity contribution in [2.45, 2.75) is 11.3 Å². The first kappa shape index (κ1) is 15.3. The fraction of sp³-hybridized carbons (Fsp3) is 0.143. The minimum absolute atomic E-state index is 0.0774. The molecule has 0 bridgehead atoms. The zero-order valence-corrected chi connectivity index (χ0v) is 12.6. The third-order valence-electron chi connectivity index (χ3n) is 3.15. The first-order valence-electron chi connectivity index (χ1n) is 6.68. The maximum absolute atomic E-state index is 13.7. The predicted octanol–water partition coefficient (Wildman–Crippen LogP) is 1.66. The Morgan fingerprint density at radius 3 is 2.83 bits per heavy atom. The Bertz CT molecular complexity index is 870. The molecule has 0 unspecified atom stereocenters. The number of guanidine groups is 1. The van der Waals surface area contributed by atoms with E-state index >= 15 is 0 Å². The Balaban J connectivity index is 1.83. The van der Waals surface area contributed by atoms with Crippen LogP contribution in [0.2, 0.25) is 0 Å². The summed E-state index contributed by atoms with van der Waals surface area (Å²) in [7, 11) is -4.13. The highest BCUT2D eigenvalue weighted by Crippen LogP contribution is 2.28. The second-order valence-electron chi connectivity index (χ2n) is 4.84. The summed E-state index contributed by atoms with van der Waals surface area (Å²) in [4.78, 5) is 7.42. The van der Waals surface area contributed by atoms with Crippen LogP contribution in [0, 0.1) is 11.6 Å². The number of aromatic nitrogens is 1. The van der Waals surface area contributed by atoms with Gasteiger partial charge >= 0.3 is 0 Å². The SMILES string of the molecule is O=S1(=O)NC(=NCCc2cccnc2)Nc2cc(F)cc(F)c21. The van der Waals surface area contributed by atoms with Gasteiger partial charge in [0.2, 0.25) is 5.96 Å². The molecular weight excluding hydrogens is 326 g/mol. The average molecular weight is 338 g/mol. The number of pyridine rings is 1. The van der Waals surface area contributed by atoms with Gasteiger partial charge in [-0.15, -0.1) is 0 Å². The first-order chi connectivity index (χ1) is 11.0. The maximum atomic E-state index is 13.7. The van der Waals surface area contributed by atoms with E-state index in [1.807, 2.05) is 6.07 Å². The summed E-state index contributed by atoms with van der Waals surface area (Å²) in [5.74, 6) is -2.11. The second-order valence-corrected chi connectivity index (χ2v) is 6.46. The van der Waals surface area contributed by atoms with Crippen molar-refractivity contribution in [1.82, 2.24) is 9.71 Å². The molecule has 0 fully saturated rings. The number of rotatable bonds is 3. The Labute approximate surface area is 131 Å². The lowest BCUT2D eigenvalue weighted by Crippen LogP contribution is -2.41. The molecule has 2 aromatic rings. The number of fused-ring (bicyclic) bond motifs is 1. The third kappa shape index (κ3) is 3.29. The van der Waals surface area contributed by atoms with Crippen LogP contribution < -0.4 is 10.0 Å². The summed E-state index contributed by atoms with van der Waals surface area (Å²) in [5, 5.41) is 2.58. The molecule has 0 saturated carbocycles. The average Bonchev–Trinajstić information content (AvgIpc) is 2.46. The van der Waals surface area contributed by atoms with Crippen LogP contribution in [0.25, 0.3) is 0 Å². The van der Waals surface area contributed by atoms with Gasteiger partial charge in [0.15, 0.2) is 0 Å². The Kier molecular flexibility index (Phi) is 3.95. The molecule has 1 aliphatic rings. The van der Waals surface area contributed by atoms with Crippen molar-refractivity contribution in [3.05, 3.63) is 53.9 Å². The molecule has 2 heterocycles. The molecule has 0 aliphatic carbocycles. The van der Waals surface area contributed by atoms with Crippen molar-refractivity contribution < 1.29 is 17.2 Å². The van der Waals surface area contributed by atoms with Gasteiger partial charge in [-0.3, -0.25) is 9.98 Å². The van der Waals surface area contributed by atoms with Gasteiger partial charge in [-0.25, -0.2) is 21.9 Å². The van der Waals surface area contributed by atoms with Gasteiger partial charge in [-0.1, -0.05) is 6.07 Å². The van der Waals surface area contributed by atoms with Crippen LogP contribution in [0.15, 0.2) is 46.5 Å². The second kappa shape index (κ2) is 5.92. The van der Waals surface area contributed by atoms with E-state index in [2.05, 4.69) is 20.0 Å². The topological polar surface area (TPSA) is 83.5 Å². The fourth-order valence-corrected chi connectivity index (χ4v) is 3.36. The normalized spacial score (nSPS) is 17.2. The Morgan fingerprint density at radius 2 is 2.09 bits per heavy atom. The zero-order chi connectivity index (χ0) is 16.4. The largest absolute Gasteiger partial charge is 0.324 e. The van der Waals surface area contributed by atoms with E-state index in [1.165, 1.54) is 0 Å². The molecular formula is C14H12F2N4O2S. The summed E-state index contributed by atoms with van der Waals surface area (Å²) in [6.45, 7) is 0.281. The van der Waals surface area contributed by atoms with Crippen LogP contribution >= 0.6 is 0 Å². The Morgan fingerprint density at radius 1 is 1.26 bits per heavy atom. The summed E-state index contributed by atoms with van der Waals surface area (Å²) < 4.78 is 53.2. The quantitative estimate of drug-likeness (QED) is 0.892. The van der Waals surface area contributed by atoms with Crippen LogP contribution in [0.4, 0.5) is 14.5 Å². The molecule has 1 aromatic heterocycles. The molecule has 0 amide bonds. The summed E-state index contributed by atoms with van der Waals surface area (Å²) in [6, 6.07) is 5.08. The van der Waals surface area contributed by atoms with Crippen molar-refractivity contribution >= 4 is 21.7 Å². The minimum Gasteiger partial charge on any atom is -0.324 e. The van der Waals surface area contributed by atoms with Crippen molar-refractivity contribution in [2.24, 2.45) is 4.99 Å². The van der Waals surface area contributed by atoms with Gasteiger partial charge < -0.3 is 5.32 Å². The number of sulfonamides is 1. The minimum atomic E-state index is -4.13. The van der Waals surface area contributed by atoms with E-state index in [1.54, 1.807) is 18.5 Å². The fourth-order valence-electron chi connectivity index (χ4n) is 2.17. The molecule has 3 rings (SSSR count). The van der Waals surface area contributed by atoms with Crippen LogP contribution in [0.3, 0.4) is 0 Å². The summed E-state index contributed by atoms with van der Waals surface area (Å²) in [6.07, 6.45) is 3.87. The number of hydrogen-bond donors (Lipinski definition) is 2. The van der Waals surface area contributed by atoms with Gasteiger partial charge in [0.05, 0.1) is 5.69 Å². The number of halogens is 2. The smallest absolute Gasteiger partial charge is 0.269 e. The van der Waals surface area contributed by atoms with Gasteiger partial charge in [0.25, 0.3) is 10.0 Å². The van der Waals surface area contributed by atoms with Crippen molar-refractivity contribution in [3.8, 4) is 0 Å². The van der Waals surface area contributed by atoms with Crippen molar-refractivity contribution in [3.63, 3.8) is 0 Å². The van der Waals surface area contributed by atoms with Crippen LogP contribution in [-0.4, -0.2) is 25.9 Å². The van der Waals surface area contributed by atoms with E-state index in [4.69, 9.17) is 0 Å². The van der Waals surface area contributed by atoms with Crippen molar-refractivity contribution in [2.75, 3.05) is 11.9 Å². The van der Waals surface area contributed by atoms with Crippen molar-refractivity contribution in [1.29, 1.82) is 0 Å². The van der Waals surface area contributed by atoms with Gasteiger partial charge in [-0.05, 0) is 24.1 Å². The van der Waals surface area contributed by atoms with Crippen LogP contribution in [0.1, 0.15) is 5.56 Å². The van der Waals surface area contributed by atoms with E-state index < -0.39 is 26.6 Å². The highest BCUT2D eigenvalue weighted by atomic mass is 32.2. The molecule has 9 heteroatoms. The Hall–Kier alpha value is -2.55. The molecule has 2 N–H and O–H groups in total.